The second kappa shape index (κ2) is 6.70. The average Bonchev–Trinajstić information content (AvgIpc) is 2.23. The maximum atomic E-state index is 11.5. The summed E-state index contributed by atoms with van der Waals surface area (Å²) in [5.74, 6) is -1.62. The number of carbonyl (C=O) groups is 2. The first-order valence-electron chi connectivity index (χ1n) is 6.03. The van der Waals surface area contributed by atoms with Gasteiger partial charge in [0.1, 0.15) is 0 Å². The van der Waals surface area contributed by atoms with Crippen LogP contribution in [-0.2, 0) is 9.59 Å². The number of carboxylic acid groups (broad SMARTS) is 1. The molecule has 0 saturated carbocycles. The van der Waals surface area contributed by atoms with Crippen LogP contribution < -0.4 is 11.1 Å². The van der Waals surface area contributed by atoms with E-state index in [9.17, 15) is 14.7 Å². The number of hydrogen-bond donors (Lipinski definition) is 4. The highest BCUT2D eigenvalue weighted by Gasteiger charge is 2.30. The molecule has 0 aliphatic heterocycles. The smallest absolute Gasteiger partial charge is 0.337 e. The molecule has 0 aliphatic rings. The van der Waals surface area contributed by atoms with Gasteiger partial charge in [-0.15, -0.1) is 0 Å². The van der Waals surface area contributed by atoms with Crippen LogP contribution in [-0.4, -0.2) is 40.8 Å². The fourth-order valence-electron chi connectivity index (χ4n) is 1.40. The van der Waals surface area contributed by atoms with Gasteiger partial charge in [0, 0.05) is 6.42 Å². The van der Waals surface area contributed by atoms with E-state index >= 15 is 0 Å². The molecule has 6 heteroatoms. The van der Waals surface area contributed by atoms with E-state index in [2.05, 4.69) is 5.32 Å². The number of carboxylic acids is 1. The molecule has 0 saturated heterocycles. The lowest BCUT2D eigenvalue weighted by molar-refractivity contribution is -0.156. The Hall–Kier alpha value is -1.14. The Morgan fingerprint density at radius 2 is 1.78 bits per heavy atom. The lowest BCUT2D eigenvalue weighted by Crippen LogP contribution is -2.46. The Bertz CT molecular complexity index is 300. The van der Waals surface area contributed by atoms with E-state index in [1.807, 2.05) is 13.8 Å². The monoisotopic (exact) mass is 260 g/mol. The molecule has 0 aliphatic carbocycles. The minimum Gasteiger partial charge on any atom is -0.479 e. The number of aliphatic hydroxyl groups is 1. The van der Waals surface area contributed by atoms with Gasteiger partial charge in [-0.3, -0.25) is 4.79 Å². The van der Waals surface area contributed by atoms with Crippen LogP contribution in [0.5, 0.6) is 0 Å². The number of aliphatic carboxylic acids is 1. The Morgan fingerprint density at radius 3 is 2.22 bits per heavy atom. The number of nitrogens with two attached hydrogens (primary N) is 1. The van der Waals surface area contributed by atoms with Crippen LogP contribution in [0.3, 0.4) is 0 Å². The Labute approximate surface area is 108 Å². The summed E-state index contributed by atoms with van der Waals surface area (Å²) < 4.78 is 0. The van der Waals surface area contributed by atoms with Crippen LogP contribution in [0.25, 0.3) is 0 Å². The van der Waals surface area contributed by atoms with Crippen molar-refractivity contribution in [2.24, 2.45) is 11.1 Å². The Balaban J connectivity index is 4.03. The van der Waals surface area contributed by atoms with E-state index in [1.54, 1.807) is 0 Å². The highest BCUT2D eigenvalue weighted by atomic mass is 16.4. The number of rotatable bonds is 8. The van der Waals surface area contributed by atoms with Crippen molar-refractivity contribution in [2.75, 3.05) is 13.1 Å². The SMILES string of the molecule is CC(C)(CCN)CCC(=O)NCC(C)(O)C(=O)O. The summed E-state index contributed by atoms with van der Waals surface area (Å²) in [6.07, 6.45) is 1.79. The molecular weight excluding hydrogens is 236 g/mol. The predicted octanol–water partition coefficient (Wildman–Crippen LogP) is 0.0934. The number of nitrogens with one attached hydrogen (secondary N) is 1. The summed E-state index contributed by atoms with van der Waals surface area (Å²) in [6.45, 7) is 5.48. The van der Waals surface area contributed by atoms with E-state index in [4.69, 9.17) is 10.8 Å². The minimum absolute atomic E-state index is 0.0125. The summed E-state index contributed by atoms with van der Waals surface area (Å²) >= 11 is 0. The fraction of sp³-hybridized carbons (Fsp3) is 0.833. The second-order valence-corrected chi connectivity index (χ2v) is 5.56. The van der Waals surface area contributed by atoms with Crippen molar-refractivity contribution in [3.05, 3.63) is 0 Å². The highest BCUT2D eigenvalue weighted by Crippen LogP contribution is 2.25. The zero-order valence-electron chi connectivity index (χ0n) is 11.3. The summed E-state index contributed by atoms with van der Waals surface area (Å²) in [5, 5.41) is 20.5. The molecular formula is C12H24N2O4. The molecule has 5 N–H and O–H groups in total. The van der Waals surface area contributed by atoms with E-state index in [0.717, 1.165) is 13.3 Å². The predicted molar refractivity (Wildman–Crippen MR) is 68.0 cm³/mol. The number of hydrogen-bond acceptors (Lipinski definition) is 4. The third-order valence-corrected chi connectivity index (χ3v) is 2.94. The van der Waals surface area contributed by atoms with Crippen LogP contribution in [0.4, 0.5) is 0 Å². The molecule has 0 aromatic carbocycles. The Kier molecular flexibility index (Phi) is 6.28. The molecule has 106 valence electrons. The molecule has 1 amide bonds. The molecule has 0 aromatic heterocycles. The second-order valence-electron chi connectivity index (χ2n) is 5.56. The van der Waals surface area contributed by atoms with Gasteiger partial charge in [0.05, 0.1) is 6.54 Å². The van der Waals surface area contributed by atoms with Crippen molar-refractivity contribution in [1.29, 1.82) is 0 Å². The van der Waals surface area contributed by atoms with Gasteiger partial charge in [-0.05, 0) is 31.7 Å². The molecule has 0 bridgehead atoms. The van der Waals surface area contributed by atoms with Crippen molar-refractivity contribution in [3.63, 3.8) is 0 Å². The molecule has 6 nitrogen and oxygen atoms in total. The van der Waals surface area contributed by atoms with Crippen molar-refractivity contribution < 1.29 is 19.8 Å². The molecule has 0 rings (SSSR count). The van der Waals surface area contributed by atoms with Crippen molar-refractivity contribution in [3.8, 4) is 0 Å². The summed E-state index contributed by atoms with van der Waals surface area (Å²) in [4.78, 5) is 22.1. The third kappa shape index (κ3) is 6.56. The van der Waals surface area contributed by atoms with Crippen LogP contribution in [0.2, 0.25) is 0 Å². The van der Waals surface area contributed by atoms with Crippen LogP contribution in [0.15, 0.2) is 0 Å². The van der Waals surface area contributed by atoms with E-state index in [1.165, 1.54) is 0 Å². The third-order valence-electron chi connectivity index (χ3n) is 2.94. The van der Waals surface area contributed by atoms with Gasteiger partial charge in [0.15, 0.2) is 5.60 Å². The minimum atomic E-state index is -1.93. The van der Waals surface area contributed by atoms with Crippen LogP contribution in [0.1, 0.15) is 40.0 Å². The van der Waals surface area contributed by atoms with Gasteiger partial charge in [-0.25, -0.2) is 4.79 Å². The fourth-order valence-corrected chi connectivity index (χ4v) is 1.40. The van der Waals surface area contributed by atoms with E-state index in [-0.39, 0.29) is 17.9 Å². The normalized spacial score (nSPS) is 14.9. The van der Waals surface area contributed by atoms with Gasteiger partial charge >= 0.3 is 5.97 Å². The van der Waals surface area contributed by atoms with Crippen molar-refractivity contribution in [1.82, 2.24) is 5.32 Å². The molecule has 0 radical (unpaired) electrons. The summed E-state index contributed by atoms with van der Waals surface area (Å²) in [5.41, 5.74) is 3.53. The highest BCUT2D eigenvalue weighted by molar-refractivity contribution is 5.80. The average molecular weight is 260 g/mol. The Morgan fingerprint density at radius 1 is 1.22 bits per heavy atom. The standard InChI is InChI=1S/C12H24N2O4/c1-11(2,6-7-13)5-4-9(15)14-8-12(3,18)10(16)17/h18H,4-8,13H2,1-3H3,(H,14,15)(H,16,17). The first-order valence-corrected chi connectivity index (χ1v) is 6.03. The van der Waals surface area contributed by atoms with Gasteiger partial charge in [0.25, 0.3) is 0 Å². The maximum absolute atomic E-state index is 11.5. The first-order chi connectivity index (χ1) is 8.10. The zero-order chi connectivity index (χ0) is 14.4. The van der Waals surface area contributed by atoms with Crippen molar-refractivity contribution in [2.45, 2.75) is 45.6 Å². The lowest BCUT2D eigenvalue weighted by atomic mass is 9.84. The molecule has 1 atom stereocenters. The largest absolute Gasteiger partial charge is 0.479 e. The van der Waals surface area contributed by atoms with Gasteiger partial charge < -0.3 is 21.3 Å². The summed E-state index contributed by atoms with van der Waals surface area (Å²) in [7, 11) is 0. The first kappa shape index (κ1) is 16.9. The topological polar surface area (TPSA) is 113 Å². The molecule has 0 aromatic rings. The quantitative estimate of drug-likeness (QED) is 0.494. The number of carbonyl (C=O) groups excluding carboxylic acids is 1. The van der Waals surface area contributed by atoms with Crippen LogP contribution >= 0.6 is 0 Å². The summed E-state index contributed by atoms with van der Waals surface area (Å²) in [6, 6.07) is 0. The van der Waals surface area contributed by atoms with Crippen molar-refractivity contribution >= 4 is 11.9 Å². The lowest BCUT2D eigenvalue weighted by Gasteiger charge is -2.24. The van der Waals surface area contributed by atoms with E-state index in [0.29, 0.717) is 19.4 Å². The number of amides is 1. The van der Waals surface area contributed by atoms with Gasteiger partial charge in [-0.1, -0.05) is 13.8 Å². The maximum Gasteiger partial charge on any atom is 0.337 e. The molecule has 0 spiro atoms. The van der Waals surface area contributed by atoms with Gasteiger partial charge in [0.2, 0.25) is 5.91 Å². The molecule has 1 unspecified atom stereocenters. The van der Waals surface area contributed by atoms with E-state index < -0.39 is 11.6 Å². The zero-order valence-corrected chi connectivity index (χ0v) is 11.3. The molecule has 18 heavy (non-hydrogen) atoms. The van der Waals surface area contributed by atoms with Gasteiger partial charge in [-0.2, -0.15) is 0 Å². The molecule has 0 fully saturated rings. The molecule has 0 heterocycles. The van der Waals surface area contributed by atoms with Crippen LogP contribution in [0, 0.1) is 5.41 Å².